The van der Waals surface area contributed by atoms with E-state index in [1.165, 1.54) is 6.20 Å². The van der Waals surface area contributed by atoms with Crippen LogP contribution in [-0.4, -0.2) is 52.8 Å². The number of halogens is 3. The topological polar surface area (TPSA) is 114 Å². The Labute approximate surface area is 205 Å². The highest BCUT2D eigenvalue weighted by Crippen LogP contribution is 2.32. The summed E-state index contributed by atoms with van der Waals surface area (Å²) in [6.45, 7) is 4.58. The fourth-order valence-corrected chi connectivity index (χ4v) is 4.23. The molecule has 8 nitrogen and oxygen atoms in total. The number of piperidine rings is 1. The molecule has 2 aromatic heterocycles. The van der Waals surface area contributed by atoms with E-state index < -0.39 is 46.8 Å². The van der Waals surface area contributed by atoms with Gasteiger partial charge in [0, 0.05) is 43.4 Å². The van der Waals surface area contributed by atoms with E-state index in [-0.39, 0.29) is 24.0 Å². The van der Waals surface area contributed by atoms with Crippen molar-refractivity contribution in [3.05, 3.63) is 65.9 Å². The van der Waals surface area contributed by atoms with Crippen molar-refractivity contribution in [2.24, 2.45) is 11.7 Å². The van der Waals surface area contributed by atoms with E-state index in [4.69, 9.17) is 10.5 Å². The van der Waals surface area contributed by atoms with Crippen LogP contribution < -0.4 is 20.7 Å². The number of anilines is 2. The first-order valence-electron chi connectivity index (χ1n) is 11.4. The van der Waals surface area contributed by atoms with E-state index in [0.29, 0.717) is 24.5 Å². The van der Waals surface area contributed by atoms with E-state index in [2.05, 4.69) is 15.3 Å². The van der Waals surface area contributed by atoms with Crippen LogP contribution in [-0.2, 0) is 0 Å². The Morgan fingerprint density at radius 1 is 1.19 bits per heavy atom. The van der Waals surface area contributed by atoms with Gasteiger partial charge in [-0.1, -0.05) is 6.92 Å². The summed E-state index contributed by atoms with van der Waals surface area (Å²) in [7, 11) is 0. The molecule has 1 aliphatic rings. The Hall–Kier alpha value is -3.70. The molecule has 0 saturated carbocycles. The number of ether oxygens (including phenoxy) is 1. The van der Waals surface area contributed by atoms with Gasteiger partial charge in [0.15, 0.2) is 0 Å². The summed E-state index contributed by atoms with van der Waals surface area (Å²) in [5.41, 5.74) is 5.42. The van der Waals surface area contributed by atoms with Crippen LogP contribution in [0.25, 0.3) is 11.3 Å². The van der Waals surface area contributed by atoms with Gasteiger partial charge in [-0.15, -0.1) is 0 Å². The van der Waals surface area contributed by atoms with E-state index in [0.717, 1.165) is 24.3 Å². The van der Waals surface area contributed by atoms with E-state index in [1.807, 2.05) is 11.8 Å². The highest BCUT2D eigenvalue weighted by molar-refractivity contribution is 6.04. The molecule has 1 saturated heterocycles. The number of carbonyl (C=O) groups is 1. The number of aliphatic hydroxyl groups excluding tert-OH is 1. The Balaban J connectivity index is 1.63. The molecule has 0 aliphatic carbocycles. The van der Waals surface area contributed by atoms with Crippen molar-refractivity contribution in [1.29, 1.82) is 0 Å². The van der Waals surface area contributed by atoms with Gasteiger partial charge in [0.2, 0.25) is 0 Å². The van der Waals surface area contributed by atoms with Gasteiger partial charge >= 0.3 is 0 Å². The number of aromatic nitrogens is 2. The fourth-order valence-electron chi connectivity index (χ4n) is 4.23. The molecule has 0 radical (unpaired) electrons. The number of nitrogens with two attached hydrogens (primary N) is 1. The molecule has 11 heteroatoms. The Kier molecular flexibility index (Phi) is 7.41. The highest BCUT2D eigenvalue weighted by Gasteiger charge is 2.32. The van der Waals surface area contributed by atoms with Gasteiger partial charge in [-0.25, -0.2) is 18.2 Å². The van der Waals surface area contributed by atoms with Crippen molar-refractivity contribution in [3.8, 4) is 17.0 Å². The molecular formula is C25H26F3N5O3. The molecule has 1 fully saturated rings. The summed E-state index contributed by atoms with van der Waals surface area (Å²) < 4.78 is 49.0. The van der Waals surface area contributed by atoms with Crippen LogP contribution in [0.5, 0.6) is 5.75 Å². The average Bonchev–Trinajstić information content (AvgIpc) is 2.83. The molecule has 0 spiro atoms. The molecule has 3 aromatic rings. The quantitative estimate of drug-likeness (QED) is 0.475. The Morgan fingerprint density at radius 2 is 1.92 bits per heavy atom. The molecule has 1 amide bonds. The van der Waals surface area contributed by atoms with Gasteiger partial charge in [-0.05, 0) is 25.1 Å². The summed E-state index contributed by atoms with van der Waals surface area (Å²) in [6, 6.07) is 5.11. The minimum Gasteiger partial charge on any atom is -0.494 e. The number of nitrogens with one attached hydrogen (secondary N) is 1. The van der Waals surface area contributed by atoms with Gasteiger partial charge < -0.3 is 25.8 Å². The molecule has 4 N–H and O–H groups in total. The zero-order valence-electron chi connectivity index (χ0n) is 19.7. The lowest BCUT2D eigenvalue weighted by atomic mass is 9.92. The highest BCUT2D eigenvalue weighted by atomic mass is 19.1. The van der Waals surface area contributed by atoms with Gasteiger partial charge in [-0.2, -0.15) is 0 Å². The molecule has 3 heterocycles. The summed E-state index contributed by atoms with van der Waals surface area (Å²) >= 11 is 0. The molecule has 0 unspecified atom stereocenters. The second-order valence-corrected chi connectivity index (χ2v) is 8.61. The Bertz CT molecular complexity index is 1240. The molecule has 3 atom stereocenters. The smallest absolute Gasteiger partial charge is 0.274 e. The lowest BCUT2D eigenvalue weighted by molar-refractivity contribution is 0.0785. The normalized spacial score (nSPS) is 19.8. The number of hydrogen-bond acceptors (Lipinski definition) is 7. The van der Waals surface area contributed by atoms with Crippen LogP contribution in [0.4, 0.5) is 24.5 Å². The van der Waals surface area contributed by atoms with Crippen molar-refractivity contribution < 1.29 is 27.8 Å². The van der Waals surface area contributed by atoms with Crippen molar-refractivity contribution in [3.63, 3.8) is 0 Å². The lowest BCUT2D eigenvalue weighted by Gasteiger charge is -2.40. The zero-order chi connectivity index (χ0) is 26.0. The molecule has 190 valence electrons. The second kappa shape index (κ2) is 10.5. The number of pyridine rings is 2. The Morgan fingerprint density at radius 3 is 2.58 bits per heavy atom. The monoisotopic (exact) mass is 501 g/mol. The first kappa shape index (κ1) is 25.4. The van der Waals surface area contributed by atoms with E-state index in [9.17, 15) is 23.1 Å². The number of carbonyl (C=O) groups excluding carboxylic acids is 1. The third-order valence-corrected chi connectivity index (χ3v) is 5.99. The lowest BCUT2D eigenvalue weighted by Crippen LogP contribution is -2.55. The minimum absolute atomic E-state index is 0.0473. The standard InChI is InChI=1S/C25H26F3N5O3/c1-3-36-14-8-16(27)22(17(28)9-14)23-15(26)4-5-19(31-23)25(35)32-20-10-30-7-6-21(20)33-11-13(2)24(34)18(29)12-33/h4-10,13,18,24,34H,3,11-12,29H2,1-2H3,(H,32,35)/t13-,18+,24+/m0/s1. The number of amides is 1. The van der Waals surface area contributed by atoms with E-state index >= 15 is 0 Å². The molecular weight excluding hydrogens is 475 g/mol. The second-order valence-electron chi connectivity index (χ2n) is 8.61. The maximum atomic E-state index is 14.7. The van der Waals surface area contributed by atoms with Crippen LogP contribution in [0.2, 0.25) is 0 Å². The molecule has 1 aromatic carbocycles. The third kappa shape index (κ3) is 5.12. The SMILES string of the molecule is CCOc1cc(F)c(-c2nc(C(=O)Nc3cnccc3N3C[C@@H](N)[C@H](O)[C@@H](C)C3)ccc2F)c(F)c1. The van der Waals surface area contributed by atoms with Gasteiger partial charge in [0.1, 0.15) is 34.6 Å². The summed E-state index contributed by atoms with van der Waals surface area (Å²) in [5, 5.41) is 12.8. The molecule has 36 heavy (non-hydrogen) atoms. The molecule has 4 rings (SSSR count). The number of benzene rings is 1. The fraction of sp³-hybridized carbons (Fsp3) is 0.320. The third-order valence-electron chi connectivity index (χ3n) is 5.99. The van der Waals surface area contributed by atoms with Crippen LogP contribution >= 0.6 is 0 Å². The summed E-state index contributed by atoms with van der Waals surface area (Å²) in [5.74, 6) is -4.03. The largest absolute Gasteiger partial charge is 0.494 e. The first-order valence-corrected chi connectivity index (χ1v) is 11.4. The maximum Gasteiger partial charge on any atom is 0.274 e. The number of aliphatic hydroxyl groups is 1. The van der Waals surface area contributed by atoms with Crippen molar-refractivity contribution in [2.45, 2.75) is 26.0 Å². The van der Waals surface area contributed by atoms with Gasteiger partial charge in [0.05, 0.1) is 35.8 Å². The average molecular weight is 502 g/mol. The molecule has 0 bridgehead atoms. The van der Waals surface area contributed by atoms with Crippen molar-refractivity contribution in [2.75, 3.05) is 29.9 Å². The van der Waals surface area contributed by atoms with Crippen molar-refractivity contribution in [1.82, 2.24) is 9.97 Å². The number of nitrogens with zero attached hydrogens (tertiary/aromatic N) is 3. The number of rotatable bonds is 6. The summed E-state index contributed by atoms with van der Waals surface area (Å²) in [6.07, 6.45) is 2.34. The maximum absolute atomic E-state index is 14.7. The van der Waals surface area contributed by atoms with Crippen LogP contribution in [0.15, 0.2) is 42.7 Å². The predicted octanol–water partition coefficient (Wildman–Crippen LogP) is 3.36. The van der Waals surface area contributed by atoms with Crippen LogP contribution in [0.3, 0.4) is 0 Å². The van der Waals surface area contributed by atoms with Gasteiger partial charge in [0.25, 0.3) is 5.91 Å². The minimum atomic E-state index is -1.07. The van der Waals surface area contributed by atoms with Gasteiger partial charge in [-0.3, -0.25) is 9.78 Å². The van der Waals surface area contributed by atoms with Crippen LogP contribution in [0, 0.1) is 23.4 Å². The summed E-state index contributed by atoms with van der Waals surface area (Å²) in [4.78, 5) is 22.9. The van der Waals surface area contributed by atoms with Crippen LogP contribution in [0.1, 0.15) is 24.3 Å². The predicted molar refractivity (Wildman–Crippen MR) is 128 cm³/mol. The zero-order valence-corrected chi connectivity index (χ0v) is 19.7. The first-order chi connectivity index (χ1) is 17.2. The number of hydrogen-bond donors (Lipinski definition) is 3. The van der Waals surface area contributed by atoms with E-state index in [1.54, 1.807) is 19.2 Å². The molecule has 1 aliphatic heterocycles. The van der Waals surface area contributed by atoms with Crippen molar-refractivity contribution >= 4 is 17.3 Å².